The van der Waals surface area contributed by atoms with Crippen molar-refractivity contribution in [1.82, 2.24) is 0 Å². The number of rotatable bonds is 8. The zero-order valence-corrected chi connectivity index (χ0v) is 17.1. The zero-order valence-electron chi connectivity index (χ0n) is 17.1. The summed E-state index contributed by atoms with van der Waals surface area (Å²) in [5.74, 6) is 0.143. The minimum absolute atomic E-state index is 0.0278. The summed E-state index contributed by atoms with van der Waals surface area (Å²) in [6.07, 6.45) is -4.64. The van der Waals surface area contributed by atoms with E-state index >= 15 is 0 Å². The summed E-state index contributed by atoms with van der Waals surface area (Å²) in [5, 5.41) is 13.0. The van der Waals surface area contributed by atoms with E-state index in [1.807, 2.05) is 0 Å². The fourth-order valence-electron chi connectivity index (χ4n) is 2.68. The molecule has 1 N–H and O–H groups in total. The summed E-state index contributed by atoms with van der Waals surface area (Å²) < 4.78 is 55.5. The number of nitrogens with one attached hydrogen (secondary N) is 1. The van der Waals surface area contributed by atoms with Crippen LogP contribution in [0.3, 0.4) is 0 Å². The number of nitro benzene ring substituents is 1. The summed E-state index contributed by atoms with van der Waals surface area (Å²) in [5.41, 5.74) is -1.35. The molecule has 0 saturated heterocycles. The van der Waals surface area contributed by atoms with Gasteiger partial charge in [-0.2, -0.15) is 13.2 Å². The quantitative estimate of drug-likeness (QED) is 0.354. The molecule has 33 heavy (non-hydrogen) atoms. The van der Waals surface area contributed by atoms with Gasteiger partial charge in [0.1, 0.15) is 17.2 Å². The van der Waals surface area contributed by atoms with Crippen molar-refractivity contribution in [2.75, 3.05) is 19.0 Å². The third-order valence-electron chi connectivity index (χ3n) is 4.27. The lowest BCUT2D eigenvalue weighted by Crippen LogP contribution is -2.21. The molecule has 172 valence electrons. The second-order valence-corrected chi connectivity index (χ2v) is 6.58. The van der Waals surface area contributed by atoms with E-state index in [1.165, 1.54) is 37.4 Å². The molecule has 11 heteroatoms. The minimum Gasteiger partial charge on any atom is -0.497 e. The van der Waals surface area contributed by atoms with E-state index < -0.39 is 29.2 Å². The van der Waals surface area contributed by atoms with Gasteiger partial charge in [-0.25, -0.2) is 0 Å². The number of halogens is 3. The highest BCUT2D eigenvalue weighted by atomic mass is 19.4. The van der Waals surface area contributed by atoms with Gasteiger partial charge in [-0.15, -0.1) is 0 Å². The van der Waals surface area contributed by atoms with E-state index in [0.717, 1.165) is 18.2 Å². The highest BCUT2D eigenvalue weighted by Gasteiger charge is 2.31. The molecule has 1 amide bonds. The Morgan fingerprint density at radius 1 is 1.00 bits per heavy atom. The molecule has 0 aromatic heterocycles. The van der Waals surface area contributed by atoms with E-state index in [4.69, 9.17) is 14.2 Å². The van der Waals surface area contributed by atoms with Gasteiger partial charge < -0.3 is 19.5 Å². The van der Waals surface area contributed by atoms with Crippen molar-refractivity contribution in [1.29, 1.82) is 0 Å². The highest BCUT2D eigenvalue weighted by molar-refractivity contribution is 5.93. The van der Waals surface area contributed by atoms with Gasteiger partial charge in [0.25, 0.3) is 11.6 Å². The normalized spacial score (nSPS) is 10.9. The standard InChI is InChI=1S/C22H17F3N2O6/c1-31-17-3-2-4-18(12-17)33-20-10-5-14(22(23,24)25)11-19(20)26-21(28)13-32-16-8-6-15(7-9-16)27(29)30/h2-12H,13H2,1H3,(H,26,28). The van der Waals surface area contributed by atoms with E-state index in [-0.39, 0.29) is 28.6 Å². The topological polar surface area (TPSA) is 99.9 Å². The van der Waals surface area contributed by atoms with Gasteiger partial charge in [-0.3, -0.25) is 14.9 Å². The molecule has 8 nitrogen and oxygen atoms in total. The number of anilines is 1. The number of nitrogens with zero attached hydrogens (tertiary/aromatic N) is 1. The molecule has 0 bridgehead atoms. The average Bonchev–Trinajstić information content (AvgIpc) is 2.78. The molecule has 3 aromatic carbocycles. The first-order valence-electron chi connectivity index (χ1n) is 9.36. The number of hydrogen-bond donors (Lipinski definition) is 1. The van der Waals surface area contributed by atoms with Crippen LogP contribution in [0, 0.1) is 10.1 Å². The third-order valence-corrected chi connectivity index (χ3v) is 4.27. The van der Waals surface area contributed by atoms with E-state index in [9.17, 15) is 28.1 Å². The Morgan fingerprint density at radius 2 is 1.70 bits per heavy atom. The molecule has 0 saturated carbocycles. The smallest absolute Gasteiger partial charge is 0.416 e. The number of benzene rings is 3. The third kappa shape index (κ3) is 6.35. The lowest BCUT2D eigenvalue weighted by atomic mass is 10.1. The van der Waals surface area contributed by atoms with Gasteiger partial charge in [0.15, 0.2) is 12.4 Å². The van der Waals surface area contributed by atoms with Crippen molar-refractivity contribution in [3.8, 4) is 23.0 Å². The van der Waals surface area contributed by atoms with Crippen molar-refractivity contribution >= 4 is 17.3 Å². The van der Waals surface area contributed by atoms with Crippen LogP contribution in [-0.4, -0.2) is 24.5 Å². The maximum Gasteiger partial charge on any atom is 0.416 e. The molecule has 0 spiro atoms. The van der Waals surface area contributed by atoms with Crippen LogP contribution in [-0.2, 0) is 11.0 Å². The first kappa shape index (κ1) is 23.4. The highest BCUT2D eigenvalue weighted by Crippen LogP contribution is 2.37. The molecule has 0 fully saturated rings. The Balaban J connectivity index is 1.77. The second-order valence-electron chi connectivity index (χ2n) is 6.58. The van der Waals surface area contributed by atoms with Crippen LogP contribution in [0.4, 0.5) is 24.5 Å². The zero-order chi connectivity index (χ0) is 24.0. The van der Waals surface area contributed by atoms with Crippen LogP contribution in [0.5, 0.6) is 23.0 Å². The van der Waals surface area contributed by atoms with Crippen molar-refractivity contribution in [2.24, 2.45) is 0 Å². The lowest BCUT2D eigenvalue weighted by molar-refractivity contribution is -0.384. The predicted octanol–water partition coefficient (Wildman–Crippen LogP) is 5.43. The number of methoxy groups -OCH3 is 1. The van der Waals surface area contributed by atoms with Crippen LogP contribution in [0.2, 0.25) is 0 Å². The molecule has 0 unspecified atom stereocenters. The lowest BCUT2D eigenvalue weighted by Gasteiger charge is -2.16. The fraction of sp³-hybridized carbons (Fsp3) is 0.136. The molecule has 0 heterocycles. The average molecular weight is 462 g/mol. The first-order chi connectivity index (χ1) is 15.7. The summed E-state index contributed by atoms with van der Waals surface area (Å²) in [7, 11) is 1.45. The Labute approximate surface area is 185 Å². The number of ether oxygens (including phenoxy) is 3. The monoisotopic (exact) mass is 462 g/mol. The molecule has 3 aromatic rings. The van der Waals surface area contributed by atoms with Crippen molar-refractivity contribution in [2.45, 2.75) is 6.18 Å². The maximum absolute atomic E-state index is 13.2. The number of nitro groups is 1. The number of non-ortho nitro benzene ring substituents is 1. The molecular weight excluding hydrogens is 445 g/mol. The molecule has 0 aliphatic heterocycles. The predicted molar refractivity (Wildman–Crippen MR) is 112 cm³/mol. The fourth-order valence-corrected chi connectivity index (χ4v) is 2.68. The number of carbonyl (C=O) groups is 1. The van der Waals surface area contributed by atoms with Gasteiger partial charge in [0, 0.05) is 18.2 Å². The van der Waals surface area contributed by atoms with Crippen LogP contribution >= 0.6 is 0 Å². The molecule has 0 radical (unpaired) electrons. The molecule has 0 aliphatic carbocycles. The summed E-state index contributed by atoms with van der Waals surface area (Å²) >= 11 is 0. The Hall–Kier alpha value is -4.28. The number of alkyl halides is 3. The largest absolute Gasteiger partial charge is 0.497 e. The SMILES string of the molecule is COc1cccc(Oc2ccc(C(F)(F)F)cc2NC(=O)COc2ccc([N+](=O)[O-])cc2)c1. The van der Waals surface area contributed by atoms with Crippen molar-refractivity contribution in [3.63, 3.8) is 0 Å². The van der Waals surface area contributed by atoms with Crippen LogP contribution in [0.15, 0.2) is 66.7 Å². The van der Waals surface area contributed by atoms with Crippen molar-refractivity contribution in [3.05, 3.63) is 82.4 Å². The molecule has 3 rings (SSSR count). The second kappa shape index (κ2) is 9.90. The maximum atomic E-state index is 13.2. The van der Waals surface area contributed by atoms with Crippen LogP contribution in [0.1, 0.15) is 5.56 Å². The summed E-state index contributed by atoms with van der Waals surface area (Å²) in [6.45, 7) is -0.549. The number of carbonyl (C=O) groups excluding carboxylic acids is 1. The van der Waals surface area contributed by atoms with Gasteiger partial charge >= 0.3 is 6.18 Å². The first-order valence-corrected chi connectivity index (χ1v) is 9.36. The van der Waals surface area contributed by atoms with Gasteiger partial charge in [0.05, 0.1) is 23.3 Å². The molecule has 0 atom stereocenters. The van der Waals surface area contributed by atoms with Crippen LogP contribution in [0.25, 0.3) is 0 Å². The van der Waals surface area contributed by atoms with Gasteiger partial charge in [-0.05, 0) is 42.5 Å². The number of hydrogen-bond acceptors (Lipinski definition) is 6. The van der Waals surface area contributed by atoms with E-state index in [1.54, 1.807) is 18.2 Å². The van der Waals surface area contributed by atoms with Crippen LogP contribution < -0.4 is 19.5 Å². The molecular formula is C22H17F3N2O6. The Bertz CT molecular complexity index is 1150. The summed E-state index contributed by atoms with van der Waals surface area (Å²) in [6, 6.07) is 14.1. The van der Waals surface area contributed by atoms with Gasteiger partial charge in [-0.1, -0.05) is 6.07 Å². The minimum atomic E-state index is -4.64. The van der Waals surface area contributed by atoms with E-state index in [0.29, 0.717) is 5.75 Å². The Kier molecular flexibility index (Phi) is 7.01. The number of amides is 1. The molecule has 0 aliphatic rings. The van der Waals surface area contributed by atoms with Crippen molar-refractivity contribution < 1.29 is 37.1 Å². The van der Waals surface area contributed by atoms with Gasteiger partial charge in [0.2, 0.25) is 0 Å². The summed E-state index contributed by atoms with van der Waals surface area (Å²) in [4.78, 5) is 22.4. The van der Waals surface area contributed by atoms with E-state index in [2.05, 4.69) is 5.32 Å². The Morgan fingerprint density at radius 3 is 2.33 bits per heavy atom.